The molecule has 0 saturated heterocycles. The predicted octanol–water partition coefficient (Wildman–Crippen LogP) is 5.96. The molecule has 0 unspecified atom stereocenters. The van der Waals surface area contributed by atoms with Crippen molar-refractivity contribution < 1.29 is 23.4 Å². The van der Waals surface area contributed by atoms with Crippen molar-refractivity contribution >= 4 is 23.3 Å². The van der Waals surface area contributed by atoms with Crippen molar-refractivity contribution in [2.75, 3.05) is 12.4 Å². The van der Waals surface area contributed by atoms with Crippen LogP contribution >= 0.6 is 11.8 Å². The van der Waals surface area contributed by atoms with Crippen molar-refractivity contribution in [3.8, 4) is 5.75 Å². The molecule has 0 atom stereocenters. The number of ether oxygens (including phenoxy) is 1. The van der Waals surface area contributed by atoms with E-state index in [0.717, 1.165) is 16.0 Å². The van der Waals surface area contributed by atoms with Crippen LogP contribution < -0.4 is 4.74 Å². The van der Waals surface area contributed by atoms with Crippen LogP contribution in [0.25, 0.3) is 5.57 Å². The smallest absolute Gasteiger partial charge is 0.341 e. The summed E-state index contributed by atoms with van der Waals surface area (Å²) in [4.78, 5) is 11.6. The quantitative estimate of drug-likeness (QED) is 0.452. The Morgan fingerprint density at radius 1 is 1.00 bits per heavy atom. The normalized spacial score (nSPS) is 10.5. The minimum Gasteiger partial charge on any atom is -0.482 e. The van der Waals surface area contributed by atoms with Gasteiger partial charge in [-0.15, -0.1) is 11.8 Å². The molecule has 0 heterocycles. The Kier molecular flexibility index (Phi) is 7.25. The number of carboxylic acids is 1. The molecule has 3 aromatic rings. The van der Waals surface area contributed by atoms with Crippen molar-refractivity contribution in [1.82, 2.24) is 0 Å². The van der Waals surface area contributed by atoms with Crippen LogP contribution in [0.15, 0.2) is 77.7 Å². The number of carbonyl (C=O) groups is 1. The van der Waals surface area contributed by atoms with Gasteiger partial charge in [-0.3, -0.25) is 0 Å². The molecule has 0 fully saturated rings. The summed E-state index contributed by atoms with van der Waals surface area (Å²) in [7, 11) is 0. The minimum atomic E-state index is -1.03. The maximum Gasteiger partial charge on any atom is 0.341 e. The van der Waals surface area contributed by atoms with Crippen molar-refractivity contribution in [2.24, 2.45) is 0 Å². The summed E-state index contributed by atoms with van der Waals surface area (Å²) in [5.41, 5.74) is 3.06. The van der Waals surface area contributed by atoms with Crippen molar-refractivity contribution in [1.29, 1.82) is 0 Å². The van der Waals surface area contributed by atoms with E-state index in [4.69, 9.17) is 9.84 Å². The van der Waals surface area contributed by atoms with Crippen molar-refractivity contribution in [2.45, 2.75) is 11.8 Å². The fourth-order valence-electron chi connectivity index (χ4n) is 2.95. The Hall–Kier alpha value is -3.12. The number of halogens is 2. The van der Waals surface area contributed by atoms with E-state index in [9.17, 15) is 13.6 Å². The van der Waals surface area contributed by atoms with Gasteiger partial charge in [-0.25, -0.2) is 13.6 Å². The summed E-state index contributed by atoms with van der Waals surface area (Å²) >= 11 is 1.57. The van der Waals surface area contributed by atoms with Gasteiger partial charge in [0.25, 0.3) is 0 Å². The Morgan fingerprint density at radius 3 is 2.17 bits per heavy atom. The van der Waals surface area contributed by atoms with Crippen LogP contribution in [0.1, 0.15) is 16.7 Å². The minimum absolute atomic E-state index is 0.352. The third-order valence-electron chi connectivity index (χ3n) is 4.31. The number of aryl methyl sites for hydroxylation is 1. The molecule has 0 spiro atoms. The highest BCUT2D eigenvalue weighted by molar-refractivity contribution is 7.99. The molecule has 3 aromatic carbocycles. The van der Waals surface area contributed by atoms with Crippen LogP contribution in [-0.2, 0) is 4.79 Å². The van der Waals surface area contributed by atoms with Gasteiger partial charge in [0, 0.05) is 10.6 Å². The Morgan fingerprint density at radius 2 is 1.63 bits per heavy atom. The van der Waals surface area contributed by atoms with Crippen LogP contribution in [0.3, 0.4) is 0 Å². The first-order valence-corrected chi connectivity index (χ1v) is 10.2. The molecule has 154 valence electrons. The summed E-state index contributed by atoms with van der Waals surface area (Å²) in [6.07, 6.45) is 1.95. The Bertz CT molecular complexity index is 1030. The van der Waals surface area contributed by atoms with E-state index in [0.29, 0.717) is 22.6 Å². The molecule has 0 bridgehead atoms. The fraction of sp³-hybridized carbons (Fsp3) is 0.125. The predicted molar refractivity (Wildman–Crippen MR) is 115 cm³/mol. The lowest BCUT2D eigenvalue weighted by Crippen LogP contribution is -2.09. The standard InChI is InChI=1S/C24H20F2O3S/c1-16-12-21(29-15-24(27)28)8-9-23(16)30-11-10-22(17-4-2-6-19(25)13-17)18-5-3-7-20(26)14-18/h2-10,12-14H,11,15H2,1H3,(H,27,28). The third kappa shape index (κ3) is 5.94. The molecule has 3 nitrogen and oxygen atoms in total. The lowest BCUT2D eigenvalue weighted by molar-refractivity contribution is -0.139. The molecule has 0 radical (unpaired) electrons. The van der Waals surface area contributed by atoms with E-state index in [1.165, 1.54) is 24.3 Å². The highest BCUT2D eigenvalue weighted by Gasteiger charge is 2.08. The first kappa shape index (κ1) is 21.6. The second-order valence-corrected chi connectivity index (χ2v) is 7.62. The SMILES string of the molecule is Cc1cc(OCC(=O)O)ccc1SCC=C(c1cccc(F)c1)c1cccc(F)c1. The molecule has 0 saturated carbocycles. The maximum atomic E-state index is 13.8. The summed E-state index contributed by atoms with van der Waals surface area (Å²) in [6.45, 7) is 1.53. The molecule has 0 aromatic heterocycles. The fourth-order valence-corrected chi connectivity index (χ4v) is 3.83. The number of thioether (sulfide) groups is 1. The van der Waals surface area contributed by atoms with E-state index in [1.54, 1.807) is 48.2 Å². The van der Waals surface area contributed by atoms with Gasteiger partial charge < -0.3 is 9.84 Å². The monoisotopic (exact) mass is 426 g/mol. The number of hydrogen-bond acceptors (Lipinski definition) is 3. The van der Waals surface area contributed by atoms with Gasteiger partial charge in [-0.2, -0.15) is 0 Å². The van der Waals surface area contributed by atoms with E-state index in [2.05, 4.69) is 0 Å². The largest absolute Gasteiger partial charge is 0.482 e. The Labute approximate surface area is 178 Å². The second-order valence-electron chi connectivity index (χ2n) is 6.56. The number of hydrogen-bond donors (Lipinski definition) is 1. The highest BCUT2D eigenvalue weighted by Crippen LogP contribution is 2.29. The lowest BCUT2D eigenvalue weighted by Gasteiger charge is -2.11. The molecule has 0 aliphatic heterocycles. The van der Waals surface area contributed by atoms with Gasteiger partial charge >= 0.3 is 5.97 Å². The first-order valence-electron chi connectivity index (χ1n) is 9.22. The van der Waals surface area contributed by atoms with Gasteiger partial charge in [0.15, 0.2) is 6.61 Å². The zero-order valence-electron chi connectivity index (χ0n) is 16.3. The van der Waals surface area contributed by atoms with Gasteiger partial charge in [0.2, 0.25) is 0 Å². The molecule has 0 aliphatic carbocycles. The molecule has 30 heavy (non-hydrogen) atoms. The van der Waals surface area contributed by atoms with Crippen LogP contribution in [-0.4, -0.2) is 23.4 Å². The first-order chi connectivity index (χ1) is 14.4. The number of rotatable bonds is 8. The highest BCUT2D eigenvalue weighted by atomic mass is 32.2. The molecule has 0 amide bonds. The van der Waals surface area contributed by atoms with E-state index < -0.39 is 5.97 Å². The summed E-state index contributed by atoms with van der Waals surface area (Å²) in [6, 6.07) is 17.8. The maximum absolute atomic E-state index is 13.8. The number of aliphatic carboxylic acids is 1. The van der Waals surface area contributed by atoms with Gasteiger partial charge in [0.1, 0.15) is 17.4 Å². The topological polar surface area (TPSA) is 46.5 Å². The summed E-state index contributed by atoms with van der Waals surface area (Å²) in [5, 5.41) is 8.71. The van der Waals surface area contributed by atoms with Crippen molar-refractivity contribution in [3.05, 3.63) is 101 Å². The third-order valence-corrected chi connectivity index (χ3v) is 5.41. The number of carboxylic acid groups (broad SMARTS) is 1. The number of benzene rings is 3. The average Bonchev–Trinajstić information content (AvgIpc) is 2.71. The zero-order chi connectivity index (χ0) is 21.5. The van der Waals surface area contributed by atoms with E-state index >= 15 is 0 Å². The van der Waals surface area contributed by atoms with Crippen LogP contribution in [0.4, 0.5) is 8.78 Å². The molecular weight excluding hydrogens is 406 g/mol. The Balaban J connectivity index is 1.80. The lowest BCUT2D eigenvalue weighted by atomic mass is 9.97. The van der Waals surface area contributed by atoms with Crippen LogP contribution in [0, 0.1) is 18.6 Å². The van der Waals surface area contributed by atoms with E-state index in [-0.39, 0.29) is 18.2 Å². The van der Waals surface area contributed by atoms with Gasteiger partial charge in [0.05, 0.1) is 0 Å². The van der Waals surface area contributed by atoms with Gasteiger partial charge in [-0.05, 0) is 71.7 Å². The second kappa shape index (κ2) is 10.1. The molecular formula is C24H20F2O3S. The summed E-state index contributed by atoms with van der Waals surface area (Å²) in [5.74, 6) is -0.655. The van der Waals surface area contributed by atoms with Crippen LogP contribution in [0.2, 0.25) is 0 Å². The molecule has 6 heteroatoms. The van der Waals surface area contributed by atoms with Crippen LogP contribution in [0.5, 0.6) is 5.75 Å². The zero-order valence-corrected chi connectivity index (χ0v) is 17.1. The average molecular weight is 426 g/mol. The summed E-state index contributed by atoms with van der Waals surface area (Å²) < 4.78 is 32.7. The molecule has 0 aliphatic rings. The van der Waals surface area contributed by atoms with E-state index in [1.807, 2.05) is 19.1 Å². The van der Waals surface area contributed by atoms with Crippen molar-refractivity contribution in [3.63, 3.8) is 0 Å². The van der Waals surface area contributed by atoms with Gasteiger partial charge in [-0.1, -0.05) is 30.3 Å². The molecule has 1 N–H and O–H groups in total. The molecule has 3 rings (SSSR count).